The highest BCUT2D eigenvalue weighted by atomic mass is 32.1. The molecule has 0 radical (unpaired) electrons. The van der Waals surface area contributed by atoms with Crippen molar-refractivity contribution in [1.82, 2.24) is 4.98 Å². The quantitative estimate of drug-likeness (QED) is 0.448. The molecule has 4 heteroatoms. The van der Waals surface area contributed by atoms with E-state index in [0.29, 0.717) is 12.0 Å². The number of thiazole rings is 1. The number of carbonyl (C=O) groups is 1. The number of ether oxygens (including phenoxy) is 1. The summed E-state index contributed by atoms with van der Waals surface area (Å²) in [7, 11) is 1.62. The lowest BCUT2D eigenvalue weighted by Crippen LogP contribution is -2.03. The topological polar surface area (TPSA) is 39.2 Å². The lowest BCUT2D eigenvalue weighted by molar-refractivity contribution is 0.0993. The maximum Gasteiger partial charge on any atom is 0.167 e. The van der Waals surface area contributed by atoms with E-state index in [9.17, 15) is 4.79 Å². The number of hydrogen-bond donors (Lipinski definition) is 0. The Labute approximate surface area is 155 Å². The fraction of sp³-hybridized carbons (Fsp3) is 0.0909. The molecule has 0 saturated heterocycles. The summed E-state index contributed by atoms with van der Waals surface area (Å²) in [5, 5.41) is 0.977. The van der Waals surface area contributed by atoms with Crippen molar-refractivity contribution in [2.45, 2.75) is 6.42 Å². The molecule has 0 fully saturated rings. The first kappa shape index (κ1) is 16.5. The van der Waals surface area contributed by atoms with Crippen LogP contribution >= 0.6 is 11.3 Å². The minimum absolute atomic E-state index is 0.0918. The van der Waals surface area contributed by atoms with Gasteiger partial charge in [0.2, 0.25) is 0 Å². The van der Waals surface area contributed by atoms with Gasteiger partial charge in [0.25, 0.3) is 0 Å². The van der Waals surface area contributed by atoms with E-state index in [1.165, 1.54) is 4.70 Å². The van der Waals surface area contributed by atoms with Crippen LogP contribution in [-0.2, 0) is 6.42 Å². The summed E-state index contributed by atoms with van der Waals surface area (Å²) < 4.78 is 6.31. The Balaban J connectivity index is 1.57. The van der Waals surface area contributed by atoms with Crippen molar-refractivity contribution < 1.29 is 9.53 Å². The number of para-hydroxylation sites is 1. The van der Waals surface area contributed by atoms with Crippen LogP contribution < -0.4 is 4.74 Å². The summed E-state index contributed by atoms with van der Waals surface area (Å²) in [6.07, 6.45) is 0.366. The number of ketones is 1. The van der Waals surface area contributed by atoms with Gasteiger partial charge in [-0.15, -0.1) is 11.3 Å². The van der Waals surface area contributed by atoms with Crippen LogP contribution in [0.1, 0.15) is 15.9 Å². The van der Waals surface area contributed by atoms with Crippen molar-refractivity contribution in [3.05, 3.63) is 83.9 Å². The second kappa shape index (κ2) is 7.10. The van der Waals surface area contributed by atoms with Crippen molar-refractivity contribution in [2.75, 3.05) is 7.11 Å². The molecule has 0 unspecified atom stereocenters. The molecule has 0 aliphatic heterocycles. The van der Waals surface area contributed by atoms with Gasteiger partial charge in [-0.25, -0.2) is 4.98 Å². The van der Waals surface area contributed by atoms with Gasteiger partial charge < -0.3 is 4.74 Å². The van der Waals surface area contributed by atoms with Crippen LogP contribution in [0, 0.1) is 0 Å². The number of carbonyl (C=O) groups excluding carboxylic acids is 1. The molecular formula is C22H17NO2S. The van der Waals surface area contributed by atoms with Gasteiger partial charge in [-0.2, -0.15) is 0 Å². The van der Waals surface area contributed by atoms with Gasteiger partial charge >= 0.3 is 0 Å². The number of methoxy groups -OCH3 is 1. The number of benzene rings is 3. The third-order valence-electron chi connectivity index (χ3n) is 4.24. The SMILES string of the molecule is COc1ccc(C(=O)Cc2cccc(-c3nc4ccccc4s3)c2)cc1. The number of fused-ring (bicyclic) bond motifs is 1. The molecule has 0 atom stereocenters. The predicted molar refractivity (Wildman–Crippen MR) is 106 cm³/mol. The van der Waals surface area contributed by atoms with Crippen LogP contribution in [-0.4, -0.2) is 17.9 Å². The van der Waals surface area contributed by atoms with E-state index in [-0.39, 0.29) is 5.78 Å². The highest BCUT2D eigenvalue weighted by Gasteiger charge is 2.10. The standard InChI is InChI=1S/C22H17NO2S/c1-25-18-11-9-16(10-12-18)20(24)14-15-5-4-6-17(13-15)22-23-19-7-2-3-8-21(19)26-22/h2-13H,14H2,1H3. The normalized spacial score (nSPS) is 10.8. The Morgan fingerprint density at radius 3 is 2.58 bits per heavy atom. The first-order valence-electron chi connectivity index (χ1n) is 8.35. The fourth-order valence-corrected chi connectivity index (χ4v) is 3.84. The molecule has 0 N–H and O–H groups in total. The van der Waals surface area contributed by atoms with Crippen LogP contribution in [0.25, 0.3) is 20.8 Å². The molecule has 4 aromatic rings. The zero-order valence-electron chi connectivity index (χ0n) is 14.3. The number of hydrogen-bond acceptors (Lipinski definition) is 4. The van der Waals surface area contributed by atoms with E-state index in [1.54, 1.807) is 30.6 Å². The average Bonchev–Trinajstić information content (AvgIpc) is 3.12. The Kier molecular flexibility index (Phi) is 4.50. The van der Waals surface area contributed by atoms with Crippen LogP contribution in [0.2, 0.25) is 0 Å². The second-order valence-electron chi connectivity index (χ2n) is 6.02. The molecule has 0 aliphatic carbocycles. The van der Waals surface area contributed by atoms with Crippen molar-refractivity contribution >= 4 is 27.3 Å². The zero-order valence-corrected chi connectivity index (χ0v) is 15.1. The van der Waals surface area contributed by atoms with Gasteiger partial charge in [0, 0.05) is 17.5 Å². The minimum atomic E-state index is 0.0918. The molecule has 0 bridgehead atoms. The molecule has 4 rings (SSSR count). The molecule has 3 aromatic carbocycles. The fourth-order valence-electron chi connectivity index (χ4n) is 2.87. The number of aromatic nitrogens is 1. The van der Waals surface area contributed by atoms with Gasteiger partial charge in [0.1, 0.15) is 10.8 Å². The third kappa shape index (κ3) is 3.37. The van der Waals surface area contributed by atoms with Gasteiger partial charge in [-0.3, -0.25) is 4.79 Å². The van der Waals surface area contributed by atoms with E-state index >= 15 is 0 Å². The first-order valence-corrected chi connectivity index (χ1v) is 9.17. The first-order chi connectivity index (χ1) is 12.7. The maximum atomic E-state index is 12.5. The Hall–Kier alpha value is -2.98. The Bertz CT molecular complexity index is 1030. The smallest absolute Gasteiger partial charge is 0.167 e. The summed E-state index contributed by atoms with van der Waals surface area (Å²) in [4.78, 5) is 17.2. The average molecular weight is 359 g/mol. The number of Topliss-reactive ketones (excluding diaryl/α,β-unsaturated/α-hetero) is 1. The summed E-state index contributed by atoms with van der Waals surface area (Å²) >= 11 is 1.67. The molecule has 0 aliphatic rings. The predicted octanol–water partition coefficient (Wildman–Crippen LogP) is 5.40. The zero-order chi connectivity index (χ0) is 17.9. The van der Waals surface area contributed by atoms with Crippen LogP contribution in [0.3, 0.4) is 0 Å². The number of rotatable bonds is 5. The second-order valence-corrected chi connectivity index (χ2v) is 7.05. The monoisotopic (exact) mass is 359 g/mol. The van der Waals surface area contributed by atoms with Crippen LogP contribution in [0.15, 0.2) is 72.8 Å². The number of nitrogens with zero attached hydrogens (tertiary/aromatic N) is 1. The Morgan fingerprint density at radius 2 is 1.81 bits per heavy atom. The summed E-state index contributed by atoms with van der Waals surface area (Å²) in [5.74, 6) is 0.841. The van der Waals surface area contributed by atoms with Gasteiger partial charge in [0.05, 0.1) is 17.3 Å². The lowest BCUT2D eigenvalue weighted by atomic mass is 10.0. The van der Waals surface area contributed by atoms with Crippen molar-refractivity contribution in [1.29, 1.82) is 0 Å². The van der Waals surface area contributed by atoms with Crippen molar-refractivity contribution in [3.63, 3.8) is 0 Å². The van der Waals surface area contributed by atoms with E-state index in [1.807, 2.05) is 48.5 Å². The van der Waals surface area contributed by atoms with E-state index in [2.05, 4.69) is 12.1 Å². The summed E-state index contributed by atoms with van der Waals surface area (Å²) in [6.45, 7) is 0. The molecule has 0 saturated carbocycles. The Morgan fingerprint density at radius 1 is 1.00 bits per heavy atom. The van der Waals surface area contributed by atoms with E-state index < -0.39 is 0 Å². The summed E-state index contributed by atoms with van der Waals surface area (Å²) in [5.41, 5.74) is 3.73. The van der Waals surface area contributed by atoms with E-state index in [0.717, 1.165) is 27.4 Å². The highest BCUT2D eigenvalue weighted by Crippen LogP contribution is 2.30. The van der Waals surface area contributed by atoms with Gasteiger partial charge in [-0.05, 0) is 48.0 Å². The minimum Gasteiger partial charge on any atom is -0.497 e. The molecule has 0 spiro atoms. The highest BCUT2D eigenvalue weighted by molar-refractivity contribution is 7.21. The molecular weight excluding hydrogens is 342 g/mol. The molecule has 0 amide bonds. The van der Waals surface area contributed by atoms with Crippen LogP contribution in [0.4, 0.5) is 0 Å². The molecule has 128 valence electrons. The summed E-state index contributed by atoms with van der Waals surface area (Å²) in [6, 6.07) is 23.4. The molecule has 1 heterocycles. The molecule has 26 heavy (non-hydrogen) atoms. The van der Waals surface area contributed by atoms with Crippen molar-refractivity contribution in [3.8, 4) is 16.3 Å². The lowest BCUT2D eigenvalue weighted by Gasteiger charge is -2.05. The largest absolute Gasteiger partial charge is 0.497 e. The van der Waals surface area contributed by atoms with E-state index in [4.69, 9.17) is 9.72 Å². The van der Waals surface area contributed by atoms with Crippen molar-refractivity contribution in [2.24, 2.45) is 0 Å². The maximum absolute atomic E-state index is 12.5. The van der Waals surface area contributed by atoms with Gasteiger partial charge in [-0.1, -0.05) is 30.3 Å². The van der Waals surface area contributed by atoms with Crippen LogP contribution in [0.5, 0.6) is 5.75 Å². The molecule has 1 aromatic heterocycles. The third-order valence-corrected chi connectivity index (χ3v) is 5.33. The molecule has 3 nitrogen and oxygen atoms in total. The van der Waals surface area contributed by atoms with Gasteiger partial charge in [0.15, 0.2) is 5.78 Å².